The van der Waals surface area contributed by atoms with Gasteiger partial charge in [0.05, 0.1) is 22.9 Å². The largest absolute Gasteiger partial charge is 0.467 e. The number of furan rings is 1. The number of amidine groups is 1. The summed E-state index contributed by atoms with van der Waals surface area (Å²) in [6, 6.07) is 17.7. The molecule has 0 saturated carbocycles. The molecule has 0 radical (unpaired) electrons. The van der Waals surface area contributed by atoms with Crippen molar-refractivity contribution >= 4 is 40.8 Å². The molecular weight excluding hydrogens is 385 g/mol. The number of nitrogens with zero attached hydrogens (tertiary/aromatic N) is 2. The Kier molecular flexibility index (Phi) is 4.88. The number of benzene rings is 2. The third-order valence-electron chi connectivity index (χ3n) is 4.24. The molecule has 2 aromatic carbocycles. The Balaban J connectivity index is 1.72. The second kappa shape index (κ2) is 7.47. The Bertz CT molecular complexity index is 988. The van der Waals surface area contributed by atoms with Gasteiger partial charge in [0, 0.05) is 5.69 Å². The zero-order valence-electron chi connectivity index (χ0n) is 14.1. The number of hydrogen-bond donors (Lipinski definition) is 1. The van der Waals surface area contributed by atoms with E-state index in [2.05, 4.69) is 10.3 Å². The van der Waals surface area contributed by atoms with E-state index in [-0.39, 0.29) is 6.03 Å². The third kappa shape index (κ3) is 3.56. The predicted octanol–water partition coefficient (Wildman–Crippen LogP) is 5.46. The zero-order valence-corrected chi connectivity index (χ0v) is 15.6. The molecule has 1 unspecified atom stereocenters. The summed E-state index contributed by atoms with van der Waals surface area (Å²) in [5.74, 6) is 1.12. The first-order valence-corrected chi connectivity index (χ1v) is 9.06. The summed E-state index contributed by atoms with van der Waals surface area (Å²) in [5, 5.41) is 3.64. The van der Waals surface area contributed by atoms with Gasteiger partial charge in [-0.05, 0) is 35.9 Å². The number of aliphatic imine (C=N–C) groups is 1. The van der Waals surface area contributed by atoms with Crippen molar-refractivity contribution in [3.05, 3.63) is 88.3 Å². The molecule has 3 aromatic rings. The second-order valence-corrected chi connectivity index (χ2v) is 6.82. The maximum Gasteiger partial charge on any atom is 0.328 e. The van der Waals surface area contributed by atoms with E-state index in [4.69, 9.17) is 27.6 Å². The minimum atomic E-state index is -0.506. The highest BCUT2D eigenvalue weighted by atomic mass is 35.5. The fourth-order valence-corrected chi connectivity index (χ4v) is 3.27. The Hall–Kier alpha value is -2.76. The number of halogens is 2. The van der Waals surface area contributed by atoms with Gasteiger partial charge in [0.15, 0.2) is 6.04 Å². The highest BCUT2D eigenvalue weighted by Gasteiger charge is 2.40. The first-order chi connectivity index (χ1) is 13.1. The highest BCUT2D eigenvalue weighted by molar-refractivity contribution is 6.42. The van der Waals surface area contributed by atoms with Gasteiger partial charge in [-0.15, -0.1) is 0 Å². The van der Waals surface area contributed by atoms with Crippen LogP contribution >= 0.6 is 23.2 Å². The van der Waals surface area contributed by atoms with Gasteiger partial charge in [0.2, 0.25) is 0 Å². The van der Waals surface area contributed by atoms with E-state index >= 15 is 0 Å². The van der Waals surface area contributed by atoms with E-state index in [1.807, 2.05) is 36.4 Å². The normalized spacial score (nSPS) is 18.1. The summed E-state index contributed by atoms with van der Waals surface area (Å²) in [6.45, 7) is 0.447. The third-order valence-corrected chi connectivity index (χ3v) is 4.98. The summed E-state index contributed by atoms with van der Waals surface area (Å²) >= 11 is 12.2. The van der Waals surface area contributed by atoms with Gasteiger partial charge in [-0.3, -0.25) is 15.2 Å². The van der Waals surface area contributed by atoms with Crippen LogP contribution in [0.4, 0.5) is 10.5 Å². The molecule has 1 aliphatic rings. The number of rotatable bonds is 4. The van der Waals surface area contributed by atoms with Gasteiger partial charge in [-0.25, -0.2) is 4.79 Å². The molecule has 2 heterocycles. The number of carbonyl (C=O) groups is 1. The van der Waals surface area contributed by atoms with Crippen LogP contribution in [-0.2, 0) is 6.54 Å². The topological polar surface area (TPSA) is 57.8 Å². The zero-order chi connectivity index (χ0) is 18.8. The molecule has 0 spiro atoms. The fourth-order valence-electron chi connectivity index (χ4n) is 2.97. The quantitative estimate of drug-likeness (QED) is 0.633. The highest BCUT2D eigenvalue weighted by Crippen LogP contribution is 2.35. The molecular formula is C20H15Cl2N3O2. The Morgan fingerprint density at radius 3 is 2.56 bits per heavy atom. The molecule has 4 rings (SSSR count). The summed E-state index contributed by atoms with van der Waals surface area (Å²) < 4.78 is 5.58. The summed E-state index contributed by atoms with van der Waals surface area (Å²) in [4.78, 5) is 18.9. The molecule has 1 aromatic heterocycles. The van der Waals surface area contributed by atoms with Crippen LogP contribution in [0.15, 0.2) is 76.3 Å². The molecule has 27 heavy (non-hydrogen) atoms. The first kappa shape index (κ1) is 17.6. The maximum absolute atomic E-state index is 12.7. The Morgan fingerprint density at radius 1 is 1.04 bits per heavy atom. The van der Waals surface area contributed by atoms with E-state index in [0.29, 0.717) is 33.9 Å². The lowest BCUT2D eigenvalue weighted by Crippen LogP contribution is -2.29. The van der Waals surface area contributed by atoms with Crippen molar-refractivity contribution in [2.24, 2.45) is 4.99 Å². The average Bonchev–Trinajstić information content (AvgIpc) is 3.30. The SMILES string of the molecule is O=C1NC(=NCc2ccccc2)C(c2ccco2)N1c1ccc(Cl)c(Cl)c1. The van der Waals surface area contributed by atoms with Crippen molar-refractivity contribution in [2.45, 2.75) is 12.6 Å². The average molecular weight is 400 g/mol. The van der Waals surface area contributed by atoms with Gasteiger partial charge in [-0.2, -0.15) is 0 Å². The molecule has 1 aliphatic heterocycles. The van der Waals surface area contributed by atoms with Crippen LogP contribution in [0.25, 0.3) is 0 Å². The molecule has 136 valence electrons. The van der Waals surface area contributed by atoms with Gasteiger partial charge in [0.1, 0.15) is 11.6 Å². The van der Waals surface area contributed by atoms with Crippen LogP contribution in [0.5, 0.6) is 0 Å². The lowest BCUT2D eigenvalue weighted by molar-refractivity contribution is 0.252. The Labute approximate surface area is 166 Å². The van der Waals surface area contributed by atoms with Crippen LogP contribution in [0.2, 0.25) is 10.0 Å². The number of urea groups is 1. The van der Waals surface area contributed by atoms with Gasteiger partial charge < -0.3 is 4.42 Å². The lowest BCUT2D eigenvalue weighted by atomic mass is 10.1. The van der Waals surface area contributed by atoms with Crippen molar-refractivity contribution in [3.8, 4) is 0 Å². The van der Waals surface area contributed by atoms with Crippen LogP contribution < -0.4 is 10.2 Å². The molecule has 0 aliphatic carbocycles. The van der Waals surface area contributed by atoms with Crippen LogP contribution in [0, 0.1) is 0 Å². The van der Waals surface area contributed by atoms with Crippen molar-refractivity contribution < 1.29 is 9.21 Å². The summed E-state index contributed by atoms with van der Waals surface area (Å²) in [6.07, 6.45) is 1.57. The van der Waals surface area contributed by atoms with Crippen LogP contribution in [-0.4, -0.2) is 11.9 Å². The second-order valence-electron chi connectivity index (χ2n) is 6.00. The molecule has 5 nitrogen and oxygen atoms in total. The number of hydrogen-bond acceptors (Lipinski definition) is 3. The summed E-state index contributed by atoms with van der Waals surface area (Å²) in [7, 11) is 0. The van der Waals surface area contributed by atoms with Crippen molar-refractivity contribution in [3.63, 3.8) is 0 Å². The van der Waals surface area contributed by atoms with E-state index in [9.17, 15) is 4.79 Å². The number of nitrogens with one attached hydrogen (secondary N) is 1. The Morgan fingerprint density at radius 2 is 1.85 bits per heavy atom. The minimum Gasteiger partial charge on any atom is -0.467 e. The first-order valence-electron chi connectivity index (χ1n) is 8.30. The molecule has 1 atom stereocenters. The minimum absolute atomic E-state index is 0.304. The van der Waals surface area contributed by atoms with E-state index in [0.717, 1.165) is 5.56 Å². The molecule has 2 amide bonds. The van der Waals surface area contributed by atoms with Crippen LogP contribution in [0.3, 0.4) is 0 Å². The molecule has 7 heteroatoms. The standard InChI is InChI=1S/C20H15Cl2N3O2/c21-15-9-8-14(11-16(15)22)25-18(17-7-4-10-27-17)19(24-20(25)26)23-12-13-5-2-1-3-6-13/h1-11,18H,12H2,(H,23,24,26). The number of carbonyl (C=O) groups excluding carboxylic acids is 1. The molecule has 1 N–H and O–H groups in total. The van der Waals surface area contributed by atoms with Crippen molar-refractivity contribution in [1.29, 1.82) is 0 Å². The van der Waals surface area contributed by atoms with E-state index in [1.54, 1.807) is 35.4 Å². The predicted molar refractivity (Wildman–Crippen MR) is 107 cm³/mol. The monoisotopic (exact) mass is 399 g/mol. The lowest BCUT2D eigenvalue weighted by Gasteiger charge is -2.21. The molecule has 1 fully saturated rings. The smallest absolute Gasteiger partial charge is 0.328 e. The number of anilines is 1. The van der Waals surface area contributed by atoms with Gasteiger partial charge >= 0.3 is 6.03 Å². The van der Waals surface area contributed by atoms with E-state index in [1.165, 1.54) is 0 Å². The summed E-state index contributed by atoms with van der Waals surface area (Å²) in [5.41, 5.74) is 1.65. The number of amides is 2. The molecule has 1 saturated heterocycles. The van der Waals surface area contributed by atoms with Crippen molar-refractivity contribution in [2.75, 3.05) is 4.90 Å². The van der Waals surface area contributed by atoms with Crippen molar-refractivity contribution in [1.82, 2.24) is 5.32 Å². The maximum atomic E-state index is 12.7. The molecule has 0 bridgehead atoms. The van der Waals surface area contributed by atoms with Gasteiger partial charge in [0.25, 0.3) is 0 Å². The van der Waals surface area contributed by atoms with Crippen LogP contribution in [0.1, 0.15) is 17.4 Å². The fraction of sp³-hybridized carbons (Fsp3) is 0.100. The van der Waals surface area contributed by atoms with Gasteiger partial charge in [-0.1, -0.05) is 53.5 Å². The van der Waals surface area contributed by atoms with E-state index < -0.39 is 6.04 Å².